The van der Waals surface area contributed by atoms with Crippen molar-refractivity contribution in [1.29, 1.82) is 0 Å². The first-order chi connectivity index (χ1) is 28.5. The summed E-state index contributed by atoms with van der Waals surface area (Å²) in [5.41, 5.74) is 17.6. The zero-order chi connectivity index (χ0) is 38.8. The Hall–Kier alpha value is -7.23. The minimum absolute atomic E-state index is 0.136. The minimum Gasteiger partial charge on any atom is -0.208 e. The van der Waals surface area contributed by atoms with Crippen LogP contribution in [0, 0.1) is 0 Å². The summed E-state index contributed by atoms with van der Waals surface area (Å²) < 4.78 is 0. The van der Waals surface area contributed by atoms with Crippen LogP contribution in [0.1, 0.15) is 47.2 Å². The lowest BCUT2D eigenvalue weighted by atomic mass is 9.55. The van der Waals surface area contributed by atoms with Gasteiger partial charge in [-0.3, -0.25) is 0 Å². The van der Waals surface area contributed by atoms with Gasteiger partial charge >= 0.3 is 0 Å². The maximum atomic E-state index is 5.15. The van der Waals surface area contributed by atoms with E-state index in [1.807, 2.05) is 30.3 Å². The standard InChI is InChI=1S/C55H39N3/c1-54(2)46-25-13-15-27-48(46)55(49-28-16-14-26-47(49)54)45-24-12-11-22-42(45)43-34-33-40(35-50(43)55)36-29-31-39(32-30-36)52-56-51(38-19-7-4-8-20-38)57-53(58-52)44-23-10-9-21-41(44)37-17-5-3-6-18-37/h3-35H,1-2H3. The molecular weight excluding hydrogens is 703 g/mol. The third-order valence-electron chi connectivity index (χ3n) is 12.5. The Kier molecular flexibility index (Phi) is 7.74. The average molecular weight is 742 g/mol. The van der Waals surface area contributed by atoms with E-state index in [0.29, 0.717) is 17.5 Å². The van der Waals surface area contributed by atoms with Crippen molar-refractivity contribution < 1.29 is 0 Å². The Morgan fingerprint density at radius 2 is 0.690 bits per heavy atom. The minimum atomic E-state index is -0.435. The zero-order valence-corrected chi connectivity index (χ0v) is 32.4. The van der Waals surface area contributed by atoms with Crippen molar-refractivity contribution in [3.8, 4) is 67.5 Å². The predicted molar refractivity (Wildman–Crippen MR) is 236 cm³/mol. The first-order valence-corrected chi connectivity index (χ1v) is 20.0. The average Bonchev–Trinajstić information content (AvgIpc) is 3.59. The molecule has 8 aromatic carbocycles. The molecule has 1 heterocycles. The number of nitrogens with zero attached hydrogens (tertiary/aromatic N) is 3. The van der Waals surface area contributed by atoms with Crippen LogP contribution in [-0.4, -0.2) is 15.0 Å². The summed E-state index contributed by atoms with van der Waals surface area (Å²) in [4.78, 5) is 15.3. The highest BCUT2D eigenvalue weighted by Crippen LogP contribution is 2.62. The Balaban J connectivity index is 1.05. The van der Waals surface area contributed by atoms with Crippen LogP contribution in [0.4, 0.5) is 0 Å². The Labute approximate surface area is 339 Å². The largest absolute Gasteiger partial charge is 0.208 e. The maximum Gasteiger partial charge on any atom is 0.164 e. The Bertz CT molecular complexity index is 2970. The first-order valence-electron chi connectivity index (χ1n) is 20.0. The molecule has 0 N–H and O–H groups in total. The summed E-state index contributed by atoms with van der Waals surface area (Å²) in [6, 6.07) is 72.0. The number of rotatable bonds is 5. The van der Waals surface area contributed by atoms with Gasteiger partial charge < -0.3 is 0 Å². The topological polar surface area (TPSA) is 38.7 Å². The molecular formula is C55H39N3. The van der Waals surface area contributed by atoms with Crippen LogP contribution >= 0.6 is 0 Å². The molecule has 0 amide bonds. The lowest BCUT2D eigenvalue weighted by molar-refractivity contribution is 0.563. The molecule has 11 rings (SSSR count). The molecule has 0 radical (unpaired) electrons. The highest BCUT2D eigenvalue weighted by atomic mass is 15.0. The molecule has 9 aromatic rings. The van der Waals surface area contributed by atoms with Gasteiger partial charge in [0.25, 0.3) is 0 Å². The second-order valence-electron chi connectivity index (χ2n) is 15.9. The fourth-order valence-corrected chi connectivity index (χ4v) is 9.74. The van der Waals surface area contributed by atoms with Gasteiger partial charge in [0.1, 0.15) is 0 Å². The summed E-state index contributed by atoms with van der Waals surface area (Å²) >= 11 is 0. The molecule has 2 aliphatic rings. The van der Waals surface area contributed by atoms with Gasteiger partial charge in [-0.15, -0.1) is 0 Å². The van der Waals surface area contributed by atoms with Crippen molar-refractivity contribution in [3.63, 3.8) is 0 Å². The summed E-state index contributed by atoms with van der Waals surface area (Å²) in [5, 5.41) is 0. The van der Waals surface area contributed by atoms with Crippen molar-refractivity contribution in [1.82, 2.24) is 15.0 Å². The van der Waals surface area contributed by atoms with Gasteiger partial charge in [0.15, 0.2) is 17.5 Å². The number of benzene rings is 8. The zero-order valence-electron chi connectivity index (χ0n) is 32.4. The molecule has 3 nitrogen and oxygen atoms in total. The van der Waals surface area contributed by atoms with E-state index in [1.165, 1.54) is 50.1 Å². The van der Waals surface area contributed by atoms with Crippen molar-refractivity contribution in [2.75, 3.05) is 0 Å². The van der Waals surface area contributed by atoms with Gasteiger partial charge in [-0.2, -0.15) is 0 Å². The molecule has 3 heteroatoms. The third kappa shape index (κ3) is 5.10. The fraction of sp³-hybridized carbons (Fsp3) is 0.0727. The van der Waals surface area contributed by atoms with Gasteiger partial charge in [-0.1, -0.05) is 208 Å². The van der Waals surface area contributed by atoms with Crippen molar-refractivity contribution in [2.45, 2.75) is 24.7 Å². The van der Waals surface area contributed by atoms with Crippen LogP contribution < -0.4 is 0 Å². The lowest BCUT2D eigenvalue weighted by Gasteiger charge is -2.46. The predicted octanol–water partition coefficient (Wildman–Crippen LogP) is 13.2. The van der Waals surface area contributed by atoms with Gasteiger partial charge in [0.05, 0.1) is 5.41 Å². The van der Waals surface area contributed by atoms with E-state index >= 15 is 0 Å². The molecule has 58 heavy (non-hydrogen) atoms. The lowest BCUT2D eigenvalue weighted by Crippen LogP contribution is -2.40. The molecule has 0 fully saturated rings. The summed E-state index contributed by atoms with van der Waals surface area (Å²) in [7, 11) is 0. The van der Waals surface area contributed by atoms with Crippen molar-refractivity contribution in [3.05, 3.63) is 234 Å². The SMILES string of the molecule is CC1(C)c2ccccc2C2(c3ccccc3-c3ccc(-c4ccc(-c5nc(-c6ccccc6)nc(-c6ccccc6-c6ccccc6)n5)cc4)cc32)c2ccccc21. The van der Waals surface area contributed by atoms with Gasteiger partial charge in [-0.05, 0) is 72.8 Å². The van der Waals surface area contributed by atoms with Crippen LogP contribution in [0.3, 0.4) is 0 Å². The molecule has 0 aliphatic heterocycles. The normalized spacial score (nSPS) is 14.0. The van der Waals surface area contributed by atoms with E-state index in [-0.39, 0.29) is 5.41 Å². The molecule has 0 saturated carbocycles. The van der Waals surface area contributed by atoms with Crippen molar-refractivity contribution >= 4 is 0 Å². The Morgan fingerprint density at radius 1 is 0.276 bits per heavy atom. The van der Waals surface area contributed by atoms with Crippen LogP contribution in [0.5, 0.6) is 0 Å². The van der Waals surface area contributed by atoms with E-state index in [2.05, 4.69) is 184 Å². The molecule has 2 aliphatic carbocycles. The molecule has 0 unspecified atom stereocenters. The quantitative estimate of drug-likeness (QED) is 0.176. The van der Waals surface area contributed by atoms with Gasteiger partial charge in [-0.25, -0.2) is 15.0 Å². The smallest absolute Gasteiger partial charge is 0.164 e. The molecule has 0 bridgehead atoms. The molecule has 1 spiro atoms. The second-order valence-corrected chi connectivity index (χ2v) is 15.9. The van der Waals surface area contributed by atoms with E-state index in [0.717, 1.165) is 33.4 Å². The number of hydrogen-bond acceptors (Lipinski definition) is 3. The molecule has 0 atom stereocenters. The first kappa shape index (κ1) is 34.1. The molecule has 0 saturated heterocycles. The number of aromatic nitrogens is 3. The summed E-state index contributed by atoms with van der Waals surface area (Å²) in [5.74, 6) is 1.93. The molecule has 274 valence electrons. The molecule has 1 aromatic heterocycles. The third-order valence-corrected chi connectivity index (χ3v) is 12.5. The number of fused-ring (bicyclic) bond motifs is 9. The summed E-state index contributed by atoms with van der Waals surface area (Å²) in [6.45, 7) is 4.75. The maximum absolute atomic E-state index is 5.15. The van der Waals surface area contributed by atoms with E-state index in [4.69, 9.17) is 15.0 Å². The Morgan fingerprint density at radius 3 is 1.31 bits per heavy atom. The van der Waals surface area contributed by atoms with Gasteiger partial charge in [0.2, 0.25) is 0 Å². The number of hydrogen-bond donors (Lipinski definition) is 0. The van der Waals surface area contributed by atoms with Gasteiger partial charge in [0, 0.05) is 22.1 Å². The van der Waals surface area contributed by atoms with E-state index < -0.39 is 5.41 Å². The van der Waals surface area contributed by atoms with E-state index in [1.54, 1.807) is 0 Å². The van der Waals surface area contributed by atoms with Crippen LogP contribution in [-0.2, 0) is 10.8 Å². The van der Waals surface area contributed by atoms with Crippen LogP contribution in [0.2, 0.25) is 0 Å². The summed E-state index contributed by atoms with van der Waals surface area (Å²) in [6.07, 6.45) is 0. The highest BCUT2D eigenvalue weighted by molar-refractivity contribution is 5.90. The monoisotopic (exact) mass is 741 g/mol. The van der Waals surface area contributed by atoms with Crippen molar-refractivity contribution in [2.24, 2.45) is 0 Å². The fourth-order valence-electron chi connectivity index (χ4n) is 9.74. The second kappa shape index (κ2) is 13.2. The highest BCUT2D eigenvalue weighted by Gasteiger charge is 2.53. The van der Waals surface area contributed by atoms with Crippen LogP contribution in [0.15, 0.2) is 200 Å². The van der Waals surface area contributed by atoms with E-state index in [9.17, 15) is 0 Å². The van der Waals surface area contributed by atoms with Crippen LogP contribution in [0.25, 0.3) is 67.5 Å².